The Morgan fingerprint density at radius 1 is 1.41 bits per heavy atom. The maximum atomic E-state index is 11.7. The van der Waals surface area contributed by atoms with Crippen LogP contribution >= 0.6 is 0 Å². The Labute approximate surface area is 98.6 Å². The third kappa shape index (κ3) is 2.45. The minimum atomic E-state index is -0.584. The summed E-state index contributed by atoms with van der Waals surface area (Å²) in [5, 5.41) is 10.0. The summed E-state index contributed by atoms with van der Waals surface area (Å²) in [7, 11) is 0. The largest absolute Gasteiger partial charge is 0.394 e. The topological polar surface area (TPSA) is 66.8 Å². The first-order valence-corrected chi connectivity index (χ1v) is 5.42. The molecule has 2 rings (SSSR count). The van der Waals surface area contributed by atoms with Crippen molar-refractivity contribution in [3.8, 4) is 0 Å². The van der Waals surface area contributed by atoms with Gasteiger partial charge in [-0.2, -0.15) is 5.06 Å². The molecule has 1 aromatic rings. The first kappa shape index (κ1) is 11.6. The van der Waals surface area contributed by atoms with Crippen LogP contribution < -0.4 is 0 Å². The number of aliphatic hydroxyl groups is 1. The number of nitrogens with zero attached hydrogens (tertiary/aromatic N) is 1. The van der Waals surface area contributed by atoms with E-state index in [4.69, 9.17) is 9.94 Å². The molecule has 1 aromatic carbocycles. The van der Waals surface area contributed by atoms with Crippen LogP contribution in [0.1, 0.15) is 23.2 Å². The fourth-order valence-corrected chi connectivity index (χ4v) is 1.73. The molecule has 0 aliphatic carbocycles. The van der Waals surface area contributed by atoms with E-state index in [2.05, 4.69) is 0 Å². The summed E-state index contributed by atoms with van der Waals surface area (Å²) in [5.41, 5.74) is 0.379. The van der Waals surface area contributed by atoms with Gasteiger partial charge in [-0.15, -0.1) is 0 Å². The van der Waals surface area contributed by atoms with E-state index in [9.17, 15) is 9.59 Å². The van der Waals surface area contributed by atoms with Crippen molar-refractivity contribution in [3.63, 3.8) is 0 Å². The van der Waals surface area contributed by atoms with Crippen molar-refractivity contribution in [1.29, 1.82) is 0 Å². The highest BCUT2D eigenvalue weighted by molar-refractivity contribution is 5.90. The van der Waals surface area contributed by atoms with E-state index >= 15 is 0 Å². The molecule has 0 radical (unpaired) electrons. The van der Waals surface area contributed by atoms with Gasteiger partial charge in [-0.3, -0.25) is 4.79 Å². The van der Waals surface area contributed by atoms with E-state index in [1.807, 2.05) is 0 Å². The molecule has 1 amide bonds. The molecule has 0 saturated carbocycles. The molecule has 1 atom stereocenters. The van der Waals surface area contributed by atoms with Crippen molar-refractivity contribution in [2.75, 3.05) is 6.61 Å². The molecule has 5 nitrogen and oxygen atoms in total. The molecule has 1 aliphatic heterocycles. The van der Waals surface area contributed by atoms with Crippen molar-refractivity contribution >= 4 is 11.9 Å². The average Bonchev–Trinajstić information content (AvgIpc) is 2.71. The number of carbonyl (C=O) groups is 2. The Balaban J connectivity index is 2.06. The van der Waals surface area contributed by atoms with Crippen LogP contribution in [0.4, 0.5) is 0 Å². The molecule has 1 aliphatic rings. The first-order valence-electron chi connectivity index (χ1n) is 5.42. The van der Waals surface area contributed by atoms with Gasteiger partial charge in [-0.1, -0.05) is 18.2 Å². The van der Waals surface area contributed by atoms with Crippen molar-refractivity contribution in [3.05, 3.63) is 35.9 Å². The summed E-state index contributed by atoms with van der Waals surface area (Å²) < 4.78 is 0. The molecule has 1 unspecified atom stereocenters. The molecule has 1 N–H and O–H groups in total. The quantitative estimate of drug-likeness (QED) is 0.839. The summed E-state index contributed by atoms with van der Waals surface area (Å²) in [6.07, 6.45) is 0.810. The molecule has 17 heavy (non-hydrogen) atoms. The molecule has 0 spiro atoms. The van der Waals surface area contributed by atoms with Crippen molar-refractivity contribution in [2.24, 2.45) is 0 Å². The van der Waals surface area contributed by atoms with Gasteiger partial charge in [-0.05, 0) is 18.6 Å². The van der Waals surface area contributed by atoms with Gasteiger partial charge in [0.15, 0.2) is 0 Å². The smallest absolute Gasteiger partial charge is 0.363 e. The van der Waals surface area contributed by atoms with Gasteiger partial charge in [0.25, 0.3) is 5.91 Å². The fourth-order valence-electron chi connectivity index (χ4n) is 1.73. The second-order valence-corrected chi connectivity index (χ2v) is 3.84. The van der Waals surface area contributed by atoms with Crippen LogP contribution in [0.15, 0.2) is 30.3 Å². The van der Waals surface area contributed by atoms with Crippen LogP contribution in [-0.4, -0.2) is 34.7 Å². The number of amides is 1. The Morgan fingerprint density at radius 3 is 2.76 bits per heavy atom. The zero-order chi connectivity index (χ0) is 12.3. The molecule has 0 aromatic heterocycles. The van der Waals surface area contributed by atoms with Crippen LogP contribution in [0.2, 0.25) is 0 Å². The van der Waals surface area contributed by atoms with Gasteiger partial charge < -0.3 is 9.94 Å². The minimum Gasteiger partial charge on any atom is -0.394 e. The number of carbonyl (C=O) groups excluding carboxylic acids is 2. The molecule has 90 valence electrons. The second-order valence-electron chi connectivity index (χ2n) is 3.84. The molecular formula is C12H13NO4. The molecule has 1 fully saturated rings. The van der Waals surface area contributed by atoms with Gasteiger partial charge in [-0.25, -0.2) is 4.79 Å². The Morgan fingerprint density at radius 2 is 2.12 bits per heavy atom. The monoisotopic (exact) mass is 235 g/mol. The number of hydrogen-bond acceptors (Lipinski definition) is 4. The normalized spacial score (nSPS) is 19.5. The lowest BCUT2D eigenvalue weighted by Gasteiger charge is -2.21. The highest BCUT2D eigenvalue weighted by Gasteiger charge is 2.34. The minimum absolute atomic E-state index is 0.201. The SMILES string of the molecule is O=C(ON1C(=O)CCC1CO)c1ccccc1. The van der Waals surface area contributed by atoms with E-state index in [-0.39, 0.29) is 12.5 Å². The summed E-state index contributed by atoms with van der Waals surface area (Å²) in [6.45, 7) is -0.201. The van der Waals surface area contributed by atoms with E-state index < -0.39 is 12.0 Å². The molecule has 1 saturated heterocycles. The van der Waals surface area contributed by atoms with Gasteiger partial charge in [0.2, 0.25) is 0 Å². The molecule has 5 heteroatoms. The average molecular weight is 235 g/mol. The number of rotatable bonds is 3. The van der Waals surface area contributed by atoms with E-state index in [1.165, 1.54) is 0 Å². The molecule has 1 heterocycles. The van der Waals surface area contributed by atoms with Gasteiger partial charge >= 0.3 is 5.97 Å². The Kier molecular flexibility index (Phi) is 3.39. The van der Waals surface area contributed by atoms with E-state index in [0.717, 1.165) is 5.06 Å². The number of hydrogen-bond donors (Lipinski definition) is 1. The van der Waals surface area contributed by atoms with Crippen molar-refractivity contribution < 1.29 is 19.5 Å². The second kappa shape index (κ2) is 4.97. The zero-order valence-corrected chi connectivity index (χ0v) is 9.20. The molecular weight excluding hydrogens is 222 g/mol. The summed E-state index contributed by atoms with van der Waals surface area (Å²) >= 11 is 0. The highest BCUT2D eigenvalue weighted by atomic mass is 16.7. The van der Waals surface area contributed by atoms with Gasteiger partial charge in [0.1, 0.15) is 0 Å². The third-order valence-electron chi connectivity index (χ3n) is 2.67. The number of benzene rings is 1. The number of hydroxylamine groups is 2. The van der Waals surface area contributed by atoms with Crippen LogP contribution in [-0.2, 0) is 9.63 Å². The fraction of sp³-hybridized carbons (Fsp3) is 0.333. The molecule has 0 bridgehead atoms. The lowest BCUT2D eigenvalue weighted by molar-refractivity contribution is -0.170. The first-order chi connectivity index (χ1) is 8.22. The Hall–Kier alpha value is -1.88. The standard InChI is InChI=1S/C12H13NO4/c14-8-10-6-7-11(15)13(10)17-12(16)9-4-2-1-3-5-9/h1-5,10,14H,6-8H2. The predicted octanol–water partition coefficient (Wildman–Crippen LogP) is 0.742. The van der Waals surface area contributed by atoms with Crippen LogP contribution in [0.25, 0.3) is 0 Å². The van der Waals surface area contributed by atoms with E-state index in [1.54, 1.807) is 30.3 Å². The van der Waals surface area contributed by atoms with E-state index in [0.29, 0.717) is 18.4 Å². The third-order valence-corrected chi connectivity index (χ3v) is 2.67. The van der Waals surface area contributed by atoms with Gasteiger partial charge in [0, 0.05) is 6.42 Å². The lowest BCUT2D eigenvalue weighted by Crippen LogP contribution is -2.37. The van der Waals surface area contributed by atoms with Crippen LogP contribution in [0.3, 0.4) is 0 Å². The summed E-state index contributed by atoms with van der Waals surface area (Å²) in [5.74, 6) is -0.854. The lowest BCUT2D eigenvalue weighted by atomic mass is 10.2. The van der Waals surface area contributed by atoms with Crippen LogP contribution in [0, 0.1) is 0 Å². The van der Waals surface area contributed by atoms with Crippen LogP contribution in [0.5, 0.6) is 0 Å². The predicted molar refractivity (Wildman–Crippen MR) is 58.8 cm³/mol. The van der Waals surface area contributed by atoms with Gasteiger partial charge in [0.05, 0.1) is 18.2 Å². The van der Waals surface area contributed by atoms with Crippen molar-refractivity contribution in [1.82, 2.24) is 5.06 Å². The Bertz CT molecular complexity index is 418. The maximum absolute atomic E-state index is 11.7. The summed E-state index contributed by atoms with van der Waals surface area (Å²) in [6, 6.07) is 8.01. The summed E-state index contributed by atoms with van der Waals surface area (Å²) in [4.78, 5) is 28.2. The maximum Gasteiger partial charge on any atom is 0.363 e. The van der Waals surface area contributed by atoms with Crippen molar-refractivity contribution in [2.45, 2.75) is 18.9 Å². The highest BCUT2D eigenvalue weighted by Crippen LogP contribution is 2.19. The zero-order valence-electron chi connectivity index (χ0n) is 9.20. The number of aliphatic hydroxyl groups excluding tert-OH is 1.